The average molecular weight is 551 g/mol. The highest BCUT2D eigenvalue weighted by Gasteiger charge is 2.31. The molecule has 0 saturated carbocycles. The Labute approximate surface area is 222 Å². The van der Waals surface area contributed by atoms with E-state index in [1.54, 1.807) is 24.3 Å². The quantitative estimate of drug-likeness (QED) is 0.262. The van der Waals surface area contributed by atoms with E-state index in [2.05, 4.69) is 36.0 Å². The van der Waals surface area contributed by atoms with Crippen molar-refractivity contribution in [3.05, 3.63) is 64.7 Å². The molecule has 4 N–H and O–H groups in total. The van der Waals surface area contributed by atoms with Crippen LogP contribution in [0.3, 0.4) is 0 Å². The van der Waals surface area contributed by atoms with Crippen LogP contribution in [0.2, 0.25) is 5.02 Å². The van der Waals surface area contributed by atoms with E-state index in [-0.39, 0.29) is 18.0 Å². The van der Waals surface area contributed by atoms with Crippen LogP contribution in [0.1, 0.15) is 22.8 Å². The third kappa shape index (κ3) is 8.80. The van der Waals surface area contributed by atoms with Crippen LogP contribution in [-0.2, 0) is 4.79 Å². The molecule has 2 aromatic carbocycles. The van der Waals surface area contributed by atoms with Gasteiger partial charge in [-0.2, -0.15) is 0 Å². The number of hydrogen-bond acceptors (Lipinski definition) is 7. The Hall–Kier alpha value is -4.06. The van der Waals surface area contributed by atoms with Crippen molar-refractivity contribution in [1.29, 1.82) is 0 Å². The van der Waals surface area contributed by atoms with Crippen molar-refractivity contribution < 1.29 is 27.5 Å². The molecule has 2 amide bonds. The first-order valence-corrected chi connectivity index (χ1v) is 11.9. The number of amides is 2. The smallest absolute Gasteiger partial charge is 0.406 e. The molecule has 0 spiro atoms. The maximum atomic E-state index is 12.4. The summed E-state index contributed by atoms with van der Waals surface area (Å²) in [7, 11) is 0. The number of ether oxygens (including phenoxy) is 1. The normalized spacial score (nSPS) is 11.0. The lowest BCUT2D eigenvalue weighted by molar-refractivity contribution is -0.274. The Balaban J connectivity index is 1.64. The van der Waals surface area contributed by atoms with E-state index in [0.29, 0.717) is 42.1 Å². The van der Waals surface area contributed by atoms with E-state index in [1.165, 1.54) is 19.1 Å². The molecule has 0 fully saturated rings. The number of carbonyl (C=O) groups excluding carboxylic acids is 2. The number of rotatable bonds is 11. The first-order valence-electron chi connectivity index (χ1n) is 11.5. The summed E-state index contributed by atoms with van der Waals surface area (Å²) in [6.07, 6.45) is -4.80. The van der Waals surface area contributed by atoms with Crippen molar-refractivity contribution >= 4 is 35.1 Å². The fourth-order valence-electron chi connectivity index (χ4n) is 3.28. The molecule has 202 valence electrons. The summed E-state index contributed by atoms with van der Waals surface area (Å²) >= 11 is 6.00. The Bertz CT molecular complexity index is 1250. The topological polar surface area (TPSA) is 117 Å². The summed E-state index contributed by atoms with van der Waals surface area (Å²) in [5.74, 6) is 0.558. The molecule has 0 aliphatic heterocycles. The largest absolute Gasteiger partial charge is 0.573 e. The van der Waals surface area contributed by atoms with E-state index < -0.39 is 18.0 Å². The number of aromatic nitrogens is 2. The molecule has 0 atom stereocenters. The molecule has 0 aliphatic carbocycles. The van der Waals surface area contributed by atoms with Gasteiger partial charge in [-0.25, -0.2) is 9.97 Å². The van der Waals surface area contributed by atoms with Gasteiger partial charge >= 0.3 is 6.36 Å². The zero-order valence-corrected chi connectivity index (χ0v) is 21.3. The number of alkyl halides is 3. The van der Waals surface area contributed by atoms with Gasteiger partial charge in [0.1, 0.15) is 17.4 Å². The number of halogens is 4. The Morgan fingerprint density at radius 1 is 0.868 bits per heavy atom. The predicted octanol–water partition coefficient (Wildman–Crippen LogP) is 4.39. The zero-order valence-electron chi connectivity index (χ0n) is 20.6. The van der Waals surface area contributed by atoms with Crippen LogP contribution in [0, 0.1) is 6.92 Å². The summed E-state index contributed by atoms with van der Waals surface area (Å²) in [6, 6.07) is 11.7. The van der Waals surface area contributed by atoms with E-state index in [4.69, 9.17) is 11.6 Å². The molecule has 0 unspecified atom stereocenters. The Kier molecular flexibility index (Phi) is 9.72. The molecular formula is C25H26ClF3N6O3. The molecule has 0 bridgehead atoms. The average Bonchev–Trinajstić information content (AvgIpc) is 2.85. The second kappa shape index (κ2) is 13.0. The van der Waals surface area contributed by atoms with Crippen molar-refractivity contribution in [2.24, 2.45) is 0 Å². The molecule has 0 saturated heterocycles. The third-order valence-corrected chi connectivity index (χ3v) is 5.34. The molecular weight excluding hydrogens is 525 g/mol. The van der Waals surface area contributed by atoms with E-state index in [0.717, 1.165) is 23.3 Å². The van der Waals surface area contributed by atoms with Gasteiger partial charge in [0.25, 0.3) is 5.91 Å². The second-order valence-corrected chi connectivity index (χ2v) is 8.48. The van der Waals surface area contributed by atoms with Crippen LogP contribution in [0.4, 0.5) is 24.8 Å². The van der Waals surface area contributed by atoms with Crippen LogP contribution in [0.25, 0.3) is 11.4 Å². The van der Waals surface area contributed by atoms with Gasteiger partial charge in [-0.15, -0.1) is 13.2 Å². The number of hydrogen-bond donors (Lipinski definition) is 4. The van der Waals surface area contributed by atoms with Crippen LogP contribution >= 0.6 is 11.6 Å². The molecule has 3 rings (SSSR count). The van der Waals surface area contributed by atoms with Gasteiger partial charge in [0.05, 0.1) is 0 Å². The Morgan fingerprint density at radius 2 is 1.42 bits per heavy atom. The van der Waals surface area contributed by atoms with Crippen LogP contribution in [0.15, 0.2) is 48.5 Å². The van der Waals surface area contributed by atoms with Gasteiger partial charge < -0.3 is 26.0 Å². The molecule has 0 radical (unpaired) electrons. The minimum Gasteiger partial charge on any atom is -0.406 e. The maximum absolute atomic E-state index is 12.4. The molecule has 9 nitrogen and oxygen atoms in total. The standard InChI is InChI=1S/C25H26ClF3N6O3/c1-15-21(31-12-11-30-16(2)36)34-23(17-3-7-19(26)8-4-17)35-22(15)32-13-14-33-24(37)18-5-9-20(10-6-18)38-25(27,28)29/h3-10H,11-14H2,1-2H3,(H,30,36)(H,33,37)(H2,31,32,34,35). The second-order valence-electron chi connectivity index (χ2n) is 8.04. The summed E-state index contributed by atoms with van der Waals surface area (Å²) in [5.41, 5.74) is 1.67. The van der Waals surface area contributed by atoms with E-state index >= 15 is 0 Å². The number of carbonyl (C=O) groups is 2. The van der Waals surface area contributed by atoms with Crippen LogP contribution < -0.4 is 26.0 Å². The van der Waals surface area contributed by atoms with Crippen molar-refractivity contribution in [2.75, 3.05) is 36.8 Å². The number of anilines is 2. The fourth-order valence-corrected chi connectivity index (χ4v) is 3.40. The molecule has 0 aliphatic rings. The zero-order chi connectivity index (χ0) is 27.7. The predicted molar refractivity (Wildman–Crippen MR) is 138 cm³/mol. The highest BCUT2D eigenvalue weighted by atomic mass is 35.5. The SMILES string of the molecule is CC(=O)NCCNc1nc(-c2ccc(Cl)cc2)nc(NCCNC(=O)c2ccc(OC(F)(F)F)cc2)c1C. The van der Waals surface area contributed by atoms with Gasteiger partial charge in [-0.05, 0) is 55.5 Å². The summed E-state index contributed by atoms with van der Waals surface area (Å²) in [5, 5.41) is 12.4. The molecule has 13 heteroatoms. The lowest BCUT2D eigenvalue weighted by Crippen LogP contribution is -2.29. The summed E-state index contributed by atoms with van der Waals surface area (Å²) in [6.45, 7) is 4.65. The Morgan fingerprint density at radius 3 is 1.95 bits per heavy atom. The van der Waals surface area contributed by atoms with Gasteiger partial charge in [-0.3, -0.25) is 9.59 Å². The van der Waals surface area contributed by atoms with Crippen molar-refractivity contribution in [2.45, 2.75) is 20.2 Å². The fraction of sp³-hybridized carbons (Fsp3) is 0.280. The lowest BCUT2D eigenvalue weighted by atomic mass is 10.2. The highest BCUT2D eigenvalue weighted by molar-refractivity contribution is 6.30. The molecule has 1 heterocycles. The number of nitrogens with zero attached hydrogens (tertiary/aromatic N) is 2. The third-order valence-electron chi connectivity index (χ3n) is 5.09. The maximum Gasteiger partial charge on any atom is 0.573 e. The van der Waals surface area contributed by atoms with Gasteiger partial charge in [0.15, 0.2) is 5.82 Å². The van der Waals surface area contributed by atoms with Gasteiger partial charge in [-0.1, -0.05) is 11.6 Å². The molecule has 1 aromatic heterocycles. The first-order chi connectivity index (χ1) is 18.0. The minimum absolute atomic E-state index is 0.136. The first kappa shape index (κ1) is 28.5. The van der Waals surface area contributed by atoms with Gasteiger partial charge in [0.2, 0.25) is 5.91 Å². The number of benzene rings is 2. The summed E-state index contributed by atoms with van der Waals surface area (Å²) < 4.78 is 40.7. The van der Waals surface area contributed by atoms with Crippen molar-refractivity contribution in [3.8, 4) is 17.1 Å². The minimum atomic E-state index is -4.80. The summed E-state index contributed by atoms with van der Waals surface area (Å²) in [4.78, 5) is 32.7. The van der Waals surface area contributed by atoms with Crippen molar-refractivity contribution in [3.63, 3.8) is 0 Å². The number of nitrogens with one attached hydrogen (secondary N) is 4. The van der Waals surface area contributed by atoms with Crippen LogP contribution in [0.5, 0.6) is 5.75 Å². The van der Waals surface area contributed by atoms with E-state index in [1.807, 2.05) is 6.92 Å². The highest BCUT2D eigenvalue weighted by Crippen LogP contribution is 2.26. The van der Waals surface area contributed by atoms with Crippen LogP contribution in [-0.4, -0.2) is 54.3 Å². The monoisotopic (exact) mass is 550 g/mol. The molecule has 3 aromatic rings. The molecule has 38 heavy (non-hydrogen) atoms. The van der Waals surface area contributed by atoms with E-state index in [9.17, 15) is 22.8 Å². The van der Waals surface area contributed by atoms with Crippen molar-refractivity contribution in [1.82, 2.24) is 20.6 Å². The van der Waals surface area contributed by atoms with Gasteiger partial charge in [0, 0.05) is 54.8 Å². The lowest BCUT2D eigenvalue weighted by Gasteiger charge is -2.16.